The van der Waals surface area contributed by atoms with Crippen LogP contribution < -0.4 is 10.2 Å². The van der Waals surface area contributed by atoms with Gasteiger partial charge in [0.1, 0.15) is 0 Å². The molecule has 1 fully saturated rings. The van der Waals surface area contributed by atoms with Crippen molar-refractivity contribution in [3.63, 3.8) is 0 Å². The Kier molecular flexibility index (Phi) is 4.69. The molecule has 4 rings (SSSR count). The van der Waals surface area contributed by atoms with Crippen molar-refractivity contribution in [3.8, 4) is 0 Å². The number of rotatable bonds is 5. The zero-order chi connectivity index (χ0) is 18.7. The largest absolute Gasteiger partial charge is 0.352 e. The molecule has 0 amide bonds. The van der Waals surface area contributed by atoms with Gasteiger partial charge in [-0.05, 0) is 24.3 Å². The molecule has 27 heavy (non-hydrogen) atoms. The molecule has 0 aromatic carbocycles. The molecule has 0 aliphatic carbocycles. The minimum atomic E-state index is -3.53. The third kappa shape index (κ3) is 3.73. The van der Waals surface area contributed by atoms with Crippen LogP contribution in [-0.4, -0.2) is 64.1 Å². The Morgan fingerprint density at radius 1 is 1.00 bits per heavy atom. The van der Waals surface area contributed by atoms with Gasteiger partial charge in [0.2, 0.25) is 0 Å². The van der Waals surface area contributed by atoms with Crippen LogP contribution in [0.4, 0.5) is 17.3 Å². The van der Waals surface area contributed by atoms with Gasteiger partial charge in [0.25, 0.3) is 10.0 Å². The average Bonchev–Trinajstić information content (AvgIpc) is 3.25. The van der Waals surface area contributed by atoms with E-state index in [0.717, 1.165) is 5.69 Å². The van der Waals surface area contributed by atoms with Crippen molar-refractivity contribution < 1.29 is 8.42 Å². The van der Waals surface area contributed by atoms with Gasteiger partial charge >= 0.3 is 0 Å². The Bertz CT molecular complexity index is 969. The van der Waals surface area contributed by atoms with Crippen LogP contribution >= 0.6 is 0 Å². The number of sulfonamides is 1. The van der Waals surface area contributed by atoms with Crippen LogP contribution in [0.15, 0.2) is 54.2 Å². The van der Waals surface area contributed by atoms with Crippen LogP contribution in [0.1, 0.15) is 0 Å². The van der Waals surface area contributed by atoms with Gasteiger partial charge in [-0.15, -0.1) is 10.2 Å². The molecule has 4 heterocycles. The molecular weight excluding hydrogens is 368 g/mol. The smallest absolute Gasteiger partial charge is 0.260 e. The van der Waals surface area contributed by atoms with Crippen molar-refractivity contribution in [2.75, 3.05) is 36.4 Å². The second-order valence-electron chi connectivity index (χ2n) is 5.95. The Morgan fingerprint density at radius 2 is 1.85 bits per heavy atom. The van der Waals surface area contributed by atoms with Gasteiger partial charge in [-0.1, -0.05) is 0 Å². The van der Waals surface area contributed by atoms with Gasteiger partial charge in [-0.25, -0.2) is 13.4 Å². The molecule has 0 spiro atoms. The van der Waals surface area contributed by atoms with Gasteiger partial charge < -0.3 is 15.2 Å². The first-order chi connectivity index (χ1) is 13.1. The van der Waals surface area contributed by atoms with Crippen LogP contribution in [0.5, 0.6) is 0 Å². The minimum Gasteiger partial charge on any atom is -0.352 e. The molecule has 3 aromatic heterocycles. The normalized spacial score (nSPS) is 15.6. The SMILES string of the molecule is O=S(=O)(c1cnc[nH]1)N1CCN(c2ccc(Nc3cccnc3)nn2)CC1. The molecule has 3 aromatic rings. The van der Waals surface area contributed by atoms with Crippen LogP contribution in [0.2, 0.25) is 0 Å². The van der Waals surface area contributed by atoms with Crippen molar-refractivity contribution in [2.24, 2.45) is 0 Å². The lowest BCUT2D eigenvalue weighted by atomic mass is 10.3. The third-order valence-electron chi connectivity index (χ3n) is 4.24. The maximum atomic E-state index is 12.5. The predicted octanol–water partition coefficient (Wildman–Crippen LogP) is 0.849. The summed E-state index contributed by atoms with van der Waals surface area (Å²) in [5.41, 5.74) is 0.831. The summed E-state index contributed by atoms with van der Waals surface area (Å²) in [6.07, 6.45) is 6.09. The summed E-state index contributed by atoms with van der Waals surface area (Å²) in [6.45, 7) is 1.83. The van der Waals surface area contributed by atoms with Crippen molar-refractivity contribution >= 4 is 27.3 Å². The average molecular weight is 386 g/mol. The van der Waals surface area contributed by atoms with E-state index in [4.69, 9.17) is 0 Å². The predicted molar refractivity (Wildman–Crippen MR) is 99.1 cm³/mol. The zero-order valence-electron chi connectivity index (χ0n) is 14.4. The lowest BCUT2D eigenvalue weighted by Gasteiger charge is -2.34. The number of piperazine rings is 1. The molecule has 2 N–H and O–H groups in total. The van der Waals surface area contributed by atoms with Crippen LogP contribution in [0, 0.1) is 0 Å². The first-order valence-electron chi connectivity index (χ1n) is 8.37. The monoisotopic (exact) mass is 386 g/mol. The molecular formula is C16H18N8O2S. The second-order valence-corrected chi connectivity index (χ2v) is 7.86. The van der Waals surface area contributed by atoms with Gasteiger partial charge in [0, 0.05) is 32.4 Å². The molecule has 140 valence electrons. The fraction of sp³-hybridized carbons (Fsp3) is 0.250. The number of hydrogen-bond acceptors (Lipinski definition) is 8. The Labute approximate surface area is 156 Å². The molecule has 11 heteroatoms. The highest BCUT2D eigenvalue weighted by Gasteiger charge is 2.29. The molecule has 1 aliphatic rings. The molecule has 1 saturated heterocycles. The first-order valence-corrected chi connectivity index (χ1v) is 9.81. The number of imidazole rings is 1. The summed E-state index contributed by atoms with van der Waals surface area (Å²) in [7, 11) is -3.53. The van der Waals surface area contributed by atoms with Gasteiger partial charge in [-0.3, -0.25) is 4.98 Å². The van der Waals surface area contributed by atoms with E-state index < -0.39 is 10.0 Å². The second kappa shape index (κ2) is 7.29. The fourth-order valence-corrected chi connectivity index (χ4v) is 4.14. The molecule has 0 radical (unpaired) electrons. The number of anilines is 3. The molecule has 0 unspecified atom stereocenters. The standard InChI is InChI=1S/C16H18N8O2S/c25-27(26,16-11-18-12-19-16)24-8-6-23(7-9-24)15-4-3-14(21-22-15)20-13-2-1-5-17-10-13/h1-5,10-12H,6-9H2,(H,18,19)(H,20,21). The van der Waals surface area contributed by atoms with Crippen LogP contribution in [-0.2, 0) is 10.0 Å². The van der Waals surface area contributed by atoms with E-state index in [-0.39, 0.29) is 5.03 Å². The summed E-state index contributed by atoms with van der Waals surface area (Å²) in [6, 6.07) is 7.43. The number of hydrogen-bond donors (Lipinski definition) is 2. The molecule has 0 saturated carbocycles. The fourth-order valence-electron chi connectivity index (χ4n) is 2.83. The lowest BCUT2D eigenvalue weighted by molar-refractivity contribution is 0.382. The maximum Gasteiger partial charge on any atom is 0.260 e. The number of nitrogens with one attached hydrogen (secondary N) is 2. The lowest BCUT2D eigenvalue weighted by Crippen LogP contribution is -2.49. The highest BCUT2D eigenvalue weighted by atomic mass is 32.2. The van der Waals surface area contributed by atoms with E-state index in [1.807, 2.05) is 29.2 Å². The van der Waals surface area contributed by atoms with E-state index in [0.29, 0.717) is 37.8 Å². The van der Waals surface area contributed by atoms with E-state index in [2.05, 4.69) is 30.5 Å². The van der Waals surface area contributed by atoms with Gasteiger partial charge in [0.15, 0.2) is 16.7 Å². The Balaban J connectivity index is 1.38. The number of aromatic nitrogens is 5. The topological polar surface area (TPSA) is 120 Å². The number of nitrogens with zero attached hydrogens (tertiary/aromatic N) is 6. The number of pyridine rings is 1. The summed E-state index contributed by atoms with van der Waals surface area (Å²) in [5.74, 6) is 1.33. The van der Waals surface area contributed by atoms with Crippen LogP contribution in [0.3, 0.4) is 0 Å². The third-order valence-corrected chi connectivity index (χ3v) is 6.06. The molecule has 0 atom stereocenters. The molecule has 1 aliphatic heterocycles. The van der Waals surface area contributed by atoms with Crippen molar-refractivity contribution in [3.05, 3.63) is 49.2 Å². The Hall–Kier alpha value is -3.05. The highest BCUT2D eigenvalue weighted by Crippen LogP contribution is 2.19. The van der Waals surface area contributed by atoms with E-state index in [9.17, 15) is 8.42 Å². The quantitative estimate of drug-likeness (QED) is 0.662. The molecule has 0 bridgehead atoms. The van der Waals surface area contributed by atoms with E-state index in [1.54, 1.807) is 12.4 Å². The zero-order valence-corrected chi connectivity index (χ0v) is 15.2. The van der Waals surface area contributed by atoms with Gasteiger partial charge in [-0.2, -0.15) is 4.31 Å². The van der Waals surface area contributed by atoms with Gasteiger partial charge in [0.05, 0.1) is 24.4 Å². The first kappa shape index (κ1) is 17.4. The number of H-pyrrole nitrogens is 1. The summed E-state index contributed by atoms with van der Waals surface area (Å²) < 4.78 is 26.5. The maximum absolute atomic E-state index is 12.5. The van der Waals surface area contributed by atoms with E-state index >= 15 is 0 Å². The van der Waals surface area contributed by atoms with Crippen molar-refractivity contribution in [1.82, 2.24) is 29.5 Å². The van der Waals surface area contributed by atoms with E-state index in [1.165, 1.54) is 16.8 Å². The minimum absolute atomic E-state index is 0.113. The van der Waals surface area contributed by atoms with Crippen molar-refractivity contribution in [2.45, 2.75) is 5.03 Å². The summed E-state index contributed by atoms with van der Waals surface area (Å²) in [4.78, 5) is 12.5. The molecule has 10 nitrogen and oxygen atoms in total. The van der Waals surface area contributed by atoms with Crippen molar-refractivity contribution in [1.29, 1.82) is 0 Å². The van der Waals surface area contributed by atoms with Crippen LogP contribution in [0.25, 0.3) is 0 Å². The highest BCUT2D eigenvalue weighted by molar-refractivity contribution is 7.89. The number of aromatic amines is 1. The summed E-state index contributed by atoms with van der Waals surface area (Å²) in [5, 5.41) is 11.7. The Morgan fingerprint density at radius 3 is 2.48 bits per heavy atom. The summed E-state index contributed by atoms with van der Waals surface area (Å²) >= 11 is 0.